The molecule has 0 radical (unpaired) electrons. The van der Waals surface area contributed by atoms with E-state index in [4.69, 9.17) is 5.11 Å². The van der Waals surface area contributed by atoms with E-state index < -0.39 is 6.09 Å². The van der Waals surface area contributed by atoms with E-state index in [9.17, 15) is 4.79 Å². The van der Waals surface area contributed by atoms with Gasteiger partial charge in [-0.15, -0.1) is 0 Å². The van der Waals surface area contributed by atoms with Gasteiger partial charge in [0.2, 0.25) is 0 Å². The van der Waals surface area contributed by atoms with Gasteiger partial charge in [0.05, 0.1) is 0 Å². The molecule has 1 saturated heterocycles. The molecule has 1 aromatic heterocycles. The summed E-state index contributed by atoms with van der Waals surface area (Å²) >= 11 is 0. The van der Waals surface area contributed by atoms with Crippen molar-refractivity contribution in [3.63, 3.8) is 0 Å². The average Bonchev–Trinajstić information content (AvgIpc) is 2.28. The molecule has 0 unspecified atom stereocenters. The highest BCUT2D eigenvalue weighted by molar-refractivity contribution is 5.65. The Hall–Kier alpha value is -1.78. The van der Waals surface area contributed by atoms with Gasteiger partial charge in [-0.05, 0) is 26.0 Å². The third kappa shape index (κ3) is 2.67. The smallest absolute Gasteiger partial charge is 0.407 e. The van der Waals surface area contributed by atoms with E-state index in [1.807, 2.05) is 26.0 Å². The number of hydrogen-bond donors (Lipinski definition) is 1. The number of rotatable bonds is 1. The standard InChI is InChI=1S/C12H17N3O2/c1-9-7-11(8-10(2)13-9)14-3-5-15(6-4-14)12(16)17/h7-8H,3-6H2,1-2H3,(H,16,17). The summed E-state index contributed by atoms with van der Waals surface area (Å²) in [6.45, 7) is 6.57. The zero-order valence-electron chi connectivity index (χ0n) is 10.2. The predicted molar refractivity (Wildman–Crippen MR) is 65.5 cm³/mol. The largest absolute Gasteiger partial charge is 0.465 e. The second kappa shape index (κ2) is 4.61. The molecule has 1 aliphatic rings. The summed E-state index contributed by atoms with van der Waals surface area (Å²) in [6.07, 6.45) is -0.827. The molecule has 17 heavy (non-hydrogen) atoms. The van der Waals surface area contributed by atoms with Gasteiger partial charge < -0.3 is 14.9 Å². The van der Waals surface area contributed by atoms with Gasteiger partial charge in [-0.25, -0.2) is 4.79 Å². The van der Waals surface area contributed by atoms with Gasteiger partial charge in [0, 0.05) is 43.3 Å². The molecule has 2 heterocycles. The van der Waals surface area contributed by atoms with Crippen molar-refractivity contribution in [2.45, 2.75) is 13.8 Å². The topological polar surface area (TPSA) is 56.7 Å². The van der Waals surface area contributed by atoms with Crippen molar-refractivity contribution < 1.29 is 9.90 Å². The Morgan fingerprint density at radius 3 is 2.18 bits per heavy atom. The first-order chi connectivity index (χ1) is 8.06. The van der Waals surface area contributed by atoms with E-state index in [-0.39, 0.29) is 0 Å². The lowest BCUT2D eigenvalue weighted by molar-refractivity contribution is 0.142. The normalized spacial score (nSPS) is 16.1. The molecule has 1 N–H and O–H groups in total. The number of carboxylic acid groups (broad SMARTS) is 1. The lowest BCUT2D eigenvalue weighted by Gasteiger charge is -2.34. The van der Waals surface area contributed by atoms with Gasteiger partial charge in [0.1, 0.15) is 0 Å². The van der Waals surface area contributed by atoms with E-state index >= 15 is 0 Å². The number of pyridine rings is 1. The fraction of sp³-hybridized carbons (Fsp3) is 0.500. The lowest BCUT2D eigenvalue weighted by Crippen LogP contribution is -2.48. The summed E-state index contributed by atoms with van der Waals surface area (Å²) in [6, 6.07) is 4.09. The highest BCUT2D eigenvalue weighted by Gasteiger charge is 2.20. The Labute approximate surface area is 101 Å². The third-order valence-corrected chi connectivity index (χ3v) is 2.98. The van der Waals surface area contributed by atoms with Crippen LogP contribution in [-0.4, -0.2) is 47.3 Å². The Morgan fingerprint density at radius 2 is 1.71 bits per heavy atom. The molecule has 1 fully saturated rings. The van der Waals surface area contributed by atoms with Crippen molar-refractivity contribution in [1.82, 2.24) is 9.88 Å². The van der Waals surface area contributed by atoms with Crippen LogP contribution in [-0.2, 0) is 0 Å². The molecule has 1 amide bonds. The van der Waals surface area contributed by atoms with Crippen LogP contribution in [0.3, 0.4) is 0 Å². The second-order valence-electron chi connectivity index (χ2n) is 4.36. The number of aryl methyl sites for hydroxylation is 2. The van der Waals surface area contributed by atoms with Crippen molar-refractivity contribution in [2.24, 2.45) is 0 Å². The van der Waals surface area contributed by atoms with Crippen LogP contribution < -0.4 is 4.90 Å². The molecule has 1 aromatic rings. The van der Waals surface area contributed by atoms with Gasteiger partial charge >= 0.3 is 6.09 Å². The van der Waals surface area contributed by atoms with Crippen molar-refractivity contribution in [2.75, 3.05) is 31.1 Å². The van der Waals surface area contributed by atoms with Gasteiger partial charge in [0.15, 0.2) is 0 Å². The first-order valence-corrected chi connectivity index (χ1v) is 5.74. The maximum Gasteiger partial charge on any atom is 0.407 e. The van der Waals surface area contributed by atoms with Crippen molar-refractivity contribution in [1.29, 1.82) is 0 Å². The van der Waals surface area contributed by atoms with Crippen molar-refractivity contribution >= 4 is 11.8 Å². The molecule has 5 heteroatoms. The first-order valence-electron chi connectivity index (χ1n) is 5.74. The second-order valence-corrected chi connectivity index (χ2v) is 4.36. The van der Waals surface area contributed by atoms with E-state index in [1.165, 1.54) is 4.90 Å². The van der Waals surface area contributed by atoms with E-state index in [1.54, 1.807) is 0 Å². The maximum atomic E-state index is 10.8. The zero-order chi connectivity index (χ0) is 12.4. The van der Waals surface area contributed by atoms with Crippen LogP contribution >= 0.6 is 0 Å². The highest BCUT2D eigenvalue weighted by atomic mass is 16.4. The Balaban J connectivity index is 2.07. The highest BCUT2D eigenvalue weighted by Crippen LogP contribution is 2.18. The van der Waals surface area contributed by atoms with E-state index in [2.05, 4.69) is 9.88 Å². The molecule has 0 atom stereocenters. The van der Waals surface area contributed by atoms with Crippen LogP contribution in [0, 0.1) is 13.8 Å². The molecule has 2 rings (SSSR count). The minimum atomic E-state index is -0.827. The molecule has 1 aliphatic heterocycles. The first kappa shape index (κ1) is 11.7. The molecular weight excluding hydrogens is 218 g/mol. The Morgan fingerprint density at radius 1 is 1.18 bits per heavy atom. The monoisotopic (exact) mass is 235 g/mol. The van der Waals surface area contributed by atoms with Crippen LogP contribution in [0.5, 0.6) is 0 Å². The van der Waals surface area contributed by atoms with Crippen LogP contribution in [0.25, 0.3) is 0 Å². The molecule has 0 aromatic carbocycles. The summed E-state index contributed by atoms with van der Waals surface area (Å²) in [5.74, 6) is 0. The van der Waals surface area contributed by atoms with Crippen LogP contribution in [0.4, 0.5) is 10.5 Å². The molecular formula is C12H17N3O2. The lowest BCUT2D eigenvalue weighted by atomic mass is 10.2. The summed E-state index contributed by atoms with van der Waals surface area (Å²) in [5, 5.41) is 8.88. The van der Waals surface area contributed by atoms with E-state index in [0.29, 0.717) is 13.1 Å². The SMILES string of the molecule is Cc1cc(N2CCN(C(=O)O)CC2)cc(C)n1. The summed E-state index contributed by atoms with van der Waals surface area (Å²) in [7, 11) is 0. The van der Waals surface area contributed by atoms with Gasteiger partial charge in [0.25, 0.3) is 0 Å². The van der Waals surface area contributed by atoms with Gasteiger partial charge in [-0.2, -0.15) is 0 Å². The van der Waals surface area contributed by atoms with Crippen LogP contribution in [0.2, 0.25) is 0 Å². The Bertz CT molecular complexity index is 406. The fourth-order valence-electron chi connectivity index (χ4n) is 2.15. The number of anilines is 1. The Kier molecular flexibility index (Phi) is 3.17. The van der Waals surface area contributed by atoms with E-state index in [0.717, 1.165) is 30.2 Å². The van der Waals surface area contributed by atoms with Crippen LogP contribution in [0.1, 0.15) is 11.4 Å². The summed E-state index contributed by atoms with van der Waals surface area (Å²) in [4.78, 5) is 18.8. The third-order valence-electron chi connectivity index (χ3n) is 2.98. The predicted octanol–water partition coefficient (Wildman–Crippen LogP) is 1.50. The number of piperazine rings is 1. The zero-order valence-corrected chi connectivity index (χ0v) is 10.2. The fourth-order valence-corrected chi connectivity index (χ4v) is 2.15. The summed E-state index contributed by atoms with van der Waals surface area (Å²) < 4.78 is 0. The van der Waals surface area contributed by atoms with Crippen molar-refractivity contribution in [3.05, 3.63) is 23.5 Å². The number of amides is 1. The van der Waals surface area contributed by atoms with Gasteiger partial charge in [-0.3, -0.25) is 4.98 Å². The quantitative estimate of drug-likeness (QED) is 0.801. The molecule has 0 saturated carbocycles. The number of aromatic nitrogens is 1. The molecule has 0 spiro atoms. The molecule has 5 nitrogen and oxygen atoms in total. The molecule has 0 aliphatic carbocycles. The minimum absolute atomic E-state index is 0.565. The van der Waals surface area contributed by atoms with Crippen molar-refractivity contribution in [3.8, 4) is 0 Å². The molecule has 0 bridgehead atoms. The number of nitrogens with zero attached hydrogens (tertiary/aromatic N) is 3. The van der Waals surface area contributed by atoms with Gasteiger partial charge in [-0.1, -0.05) is 0 Å². The number of hydrogen-bond acceptors (Lipinski definition) is 3. The average molecular weight is 235 g/mol. The van der Waals surface area contributed by atoms with Crippen LogP contribution in [0.15, 0.2) is 12.1 Å². The summed E-state index contributed by atoms with van der Waals surface area (Å²) in [5.41, 5.74) is 3.14. The number of carbonyl (C=O) groups is 1. The minimum Gasteiger partial charge on any atom is -0.465 e. The molecule has 92 valence electrons. The maximum absolute atomic E-state index is 10.8.